The minimum Gasteiger partial charge on any atom is -0.478 e. The fourth-order valence-electron chi connectivity index (χ4n) is 2.47. The molecule has 0 fully saturated rings. The predicted molar refractivity (Wildman–Crippen MR) is 86.6 cm³/mol. The average molecular weight is 292 g/mol. The summed E-state index contributed by atoms with van der Waals surface area (Å²) < 4.78 is 1.81. The molecule has 0 radical (unpaired) electrons. The van der Waals surface area contributed by atoms with E-state index in [9.17, 15) is 9.90 Å². The third-order valence-corrected chi connectivity index (χ3v) is 3.63. The Morgan fingerprint density at radius 2 is 1.91 bits per heavy atom. The van der Waals surface area contributed by atoms with Crippen molar-refractivity contribution >= 4 is 22.7 Å². The van der Waals surface area contributed by atoms with Gasteiger partial charge in [-0.1, -0.05) is 43.3 Å². The van der Waals surface area contributed by atoms with Gasteiger partial charge in [0, 0.05) is 6.08 Å². The van der Waals surface area contributed by atoms with E-state index >= 15 is 0 Å². The molecular weight excluding hydrogens is 276 g/mol. The zero-order valence-electron chi connectivity index (χ0n) is 12.2. The first kappa shape index (κ1) is 14.1. The van der Waals surface area contributed by atoms with Gasteiger partial charge in [0.2, 0.25) is 0 Å². The van der Waals surface area contributed by atoms with Crippen molar-refractivity contribution in [3.63, 3.8) is 0 Å². The van der Waals surface area contributed by atoms with Gasteiger partial charge in [0.15, 0.2) is 0 Å². The molecule has 0 amide bonds. The highest BCUT2D eigenvalue weighted by atomic mass is 16.4. The lowest BCUT2D eigenvalue weighted by atomic mass is 10.1. The molecule has 0 aliphatic heterocycles. The van der Waals surface area contributed by atoms with Crippen LogP contribution in [0.4, 0.5) is 0 Å². The van der Waals surface area contributed by atoms with Crippen molar-refractivity contribution in [1.82, 2.24) is 9.55 Å². The first-order chi connectivity index (χ1) is 10.7. The van der Waals surface area contributed by atoms with Crippen LogP contribution in [0.2, 0.25) is 0 Å². The van der Waals surface area contributed by atoms with Crippen molar-refractivity contribution in [3.8, 4) is 0 Å². The molecule has 0 spiro atoms. The number of carboxylic acids is 1. The number of nitrogens with zero attached hydrogens (tertiary/aromatic N) is 2. The van der Waals surface area contributed by atoms with Crippen LogP contribution < -0.4 is 0 Å². The number of aryl methyl sites for hydroxylation is 1. The summed E-state index contributed by atoms with van der Waals surface area (Å²) >= 11 is 0. The molecular formula is C18H16N2O2. The highest BCUT2D eigenvalue weighted by molar-refractivity contribution is 5.92. The highest BCUT2D eigenvalue weighted by Crippen LogP contribution is 2.23. The Balaban J connectivity index is 2.16. The molecule has 4 nitrogen and oxygen atoms in total. The van der Waals surface area contributed by atoms with Gasteiger partial charge in [-0.2, -0.15) is 0 Å². The minimum absolute atomic E-state index is 0.601. The number of fused-ring (bicyclic) bond motifs is 1. The third-order valence-electron chi connectivity index (χ3n) is 3.63. The van der Waals surface area contributed by atoms with E-state index in [2.05, 4.69) is 11.9 Å². The molecule has 0 atom stereocenters. The van der Waals surface area contributed by atoms with E-state index in [0.29, 0.717) is 5.70 Å². The van der Waals surface area contributed by atoms with Gasteiger partial charge < -0.3 is 5.11 Å². The van der Waals surface area contributed by atoms with E-state index in [1.807, 2.05) is 53.1 Å². The third kappa shape index (κ3) is 2.63. The number of hydrogen-bond acceptors (Lipinski definition) is 2. The largest absolute Gasteiger partial charge is 0.478 e. The standard InChI is InChI=1S/C18H16N2O2/c1-2-13-7-9-14(10-8-13)17(11-18(21)22)20-12-19-15-5-3-4-6-16(15)20/h3-12H,2H2,1H3,(H,21,22)/b17-11-. The van der Waals surface area contributed by atoms with Gasteiger partial charge in [0.05, 0.1) is 16.7 Å². The fourth-order valence-corrected chi connectivity index (χ4v) is 2.47. The van der Waals surface area contributed by atoms with Gasteiger partial charge >= 0.3 is 5.97 Å². The van der Waals surface area contributed by atoms with E-state index in [4.69, 9.17) is 0 Å². The van der Waals surface area contributed by atoms with Crippen molar-refractivity contribution in [3.05, 3.63) is 72.1 Å². The molecule has 0 saturated carbocycles. The lowest BCUT2D eigenvalue weighted by Gasteiger charge is -2.10. The molecule has 0 unspecified atom stereocenters. The summed E-state index contributed by atoms with van der Waals surface area (Å²) in [5.41, 5.74) is 4.39. The molecule has 22 heavy (non-hydrogen) atoms. The smallest absolute Gasteiger partial charge is 0.330 e. The Hall–Kier alpha value is -2.88. The Kier molecular flexibility index (Phi) is 3.74. The molecule has 1 heterocycles. The van der Waals surface area contributed by atoms with Crippen LogP contribution in [0, 0.1) is 0 Å². The first-order valence-corrected chi connectivity index (χ1v) is 7.15. The van der Waals surface area contributed by atoms with Crippen LogP contribution in [-0.2, 0) is 11.2 Å². The van der Waals surface area contributed by atoms with Crippen LogP contribution >= 0.6 is 0 Å². The molecule has 2 aromatic carbocycles. The zero-order chi connectivity index (χ0) is 15.5. The van der Waals surface area contributed by atoms with Crippen molar-refractivity contribution in [2.75, 3.05) is 0 Å². The van der Waals surface area contributed by atoms with Crippen molar-refractivity contribution in [2.24, 2.45) is 0 Å². The Morgan fingerprint density at radius 3 is 2.59 bits per heavy atom. The summed E-state index contributed by atoms with van der Waals surface area (Å²) in [4.78, 5) is 15.6. The Bertz CT molecular complexity index is 845. The van der Waals surface area contributed by atoms with Gasteiger partial charge in [-0.15, -0.1) is 0 Å². The van der Waals surface area contributed by atoms with Crippen molar-refractivity contribution in [2.45, 2.75) is 13.3 Å². The van der Waals surface area contributed by atoms with Gasteiger partial charge in [-0.25, -0.2) is 9.78 Å². The summed E-state index contributed by atoms with van der Waals surface area (Å²) in [7, 11) is 0. The van der Waals surface area contributed by atoms with Gasteiger partial charge in [-0.05, 0) is 29.7 Å². The zero-order valence-corrected chi connectivity index (χ0v) is 12.2. The molecule has 4 heteroatoms. The van der Waals surface area contributed by atoms with Crippen LogP contribution in [-0.4, -0.2) is 20.6 Å². The second-order valence-corrected chi connectivity index (χ2v) is 5.02. The fraction of sp³-hybridized carbons (Fsp3) is 0.111. The number of carbonyl (C=O) groups is 1. The number of aromatic nitrogens is 2. The van der Waals surface area contributed by atoms with Crippen molar-refractivity contribution < 1.29 is 9.90 Å². The number of carboxylic acid groups (broad SMARTS) is 1. The summed E-state index contributed by atoms with van der Waals surface area (Å²) in [5.74, 6) is -0.979. The van der Waals surface area contributed by atoms with Gasteiger partial charge in [0.1, 0.15) is 6.33 Å². The highest BCUT2D eigenvalue weighted by Gasteiger charge is 2.10. The van der Waals surface area contributed by atoms with Gasteiger partial charge in [-0.3, -0.25) is 4.57 Å². The SMILES string of the molecule is CCc1ccc(/C(=C/C(=O)O)n2cnc3ccccc32)cc1. The molecule has 0 saturated heterocycles. The summed E-state index contributed by atoms with van der Waals surface area (Å²) in [6.07, 6.45) is 3.83. The molecule has 110 valence electrons. The van der Waals surface area contributed by atoms with E-state index < -0.39 is 5.97 Å². The monoisotopic (exact) mass is 292 g/mol. The van der Waals surface area contributed by atoms with Gasteiger partial charge in [0.25, 0.3) is 0 Å². The normalized spacial score (nSPS) is 11.8. The van der Waals surface area contributed by atoms with Crippen LogP contribution in [0.25, 0.3) is 16.7 Å². The second kappa shape index (κ2) is 5.85. The first-order valence-electron chi connectivity index (χ1n) is 7.15. The number of rotatable bonds is 4. The average Bonchev–Trinajstić information content (AvgIpc) is 2.96. The molecule has 3 rings (SSSR count). The van der Waals surface area contributed by atoms with E-state index in [1.54, 1.807) is 6.33 Å². The van der Waals surface area contributed by atoms with Crippen LogP contribution in [0.5, 0.6) is 0 Å². The molecule has 0 aliphatic rings. The maximum Gasteiger partial charge on any atom is 0.330 e. The number of para-hydroxylation sites is 2. The van der Waals surface area contributed by atoms with E-state index in [0.717, 1.165) is 23.0 Å². The minimum atomic E-state index is -0.979. The lowest BCUT2D eigenvalue weighted by Crippen LogP contribution is -2.01. The summed E-state index contributed by atoms with van der Waals surface area (Å²) in [5, 5.41) is 9.21. The lowest BCUT2D eigenvalue weighted by molar-refractivity contribution is -0.131. The summed E-state index contributed by atoms with van der Waals surface area (Å²) in [6.45, 7) is 2.09. The Morgan fingerprint density at radius 1 is 1.18 bits per heavy atom. The number of hydrogen-bond donors (Lipinski definition) is 1. The predicted octanol–water partition coefficient (Wildman–Crippen LogP) is 3.57. The van der Waals surface area contributed by atoms with Crippen LogP contribution in [0.1, 0.15) is 18.1 Å². The van der Waals surface area contributed by atoms with E-state index in [-0.39, 0.29) is 0 Å². The molecule has 3 aromatic rings. The maximum absolute atomic E-state index is 11.2. The number of aliphatic carboxylic acids is 1. The number of imidazole rings is 1. The molecule has 1 N–H and O–H groups in total. The van der Waals surface area contributed by atoms with Crippen LogP contribution in [0.15, 0.2) is 60.9 Å². The van der Waals surface area contributed by atoms with E-state index in [1.165, 1.54) is 11.6 Å². The topological polar surface area (TPSA) is 55.1 Å². The van der Waals surface area contributed by atoms with Crippen molar-refractivity contribution in [1.29, 1.82) is 0 Å². The molecule has 0 bridgehead atoms. The quantitative estimate of drug-likeness (QED) is 0.748. The number of benzene rings is 2. The summed E-state index contributed by atoms with van der Waals surface area (Å²) in [6, 6.07) is 15.6. The second-order valence-electron chi connectivity index (χ2n) is 5.02. The molecule has 1 aromatic heterocycles. The maximum atomic E-state index is 11.2. The van der Waals surface area contributed by atoms with Crippen LogP contribution in [0.3, 0.4) is 0 Å². The Labute approximate surface area is 128 Å². The molecule has 0 aliphatic carbocycles.